The van der Waals surface area contributed by atoms with E-state index in [0.717, 1.165) is 25.7 Å². The normalized spacial score (nSPS) is 36.5. The van der Waals surface area contributed by atoms with Crippen LogP contribution in [0.15, 0.2) is 11.5 Å². The van der Waals surface area contributed by atoms with Crippen molar-refractivity contribution in [1.29, 1.82) is 0 Å². The van der Waals surface area contributed by atoms with Crippen molar-refractivity contribution in [3.63, 3.8) is 0 Å². The third-order valence-corrected chi connectivity index (χ3v) is 3.31. The quantitative estimate of drug-likeness (QED) is 0.642. The fourth-order valence-electron chi connectivity index (χ4n) is 2.56. The summed E-state index contributed by atoms with van der Waals surface area (Å²) in [5.41, 5.74) is 4.88. The molecule has 0 aromatic rings. The molecule has 0 radical (unpaired) electrons. The van der Waals surface area contributed by atoms with Crippen LogP contribution in [0.5, 0.6) is 0 Å². The molecule has 2 atom stereocenters. The van der Waals surface area contributed by atoms with E-state index in [1.165, 1.54) is 0 Å². The zero-order chi connectivity index (χ0) is 10.3. The molecule has 1 heterocycles. The molecule has 2 aliphatic rings. The Morgan fingerprint density at radius 3 is 3.00 bits per heavy atom. The lowest BCUT2D eigenvalue weighted by molar-refractivity contribution is -0.366. The summed E-state index contributed by atoms with van der Waals surface area (Å²) in [5.74, 6) is -1.21. The van der Waals surface area contributed by atoms with Crippen LogP contribution in [-0.4, -0.2) is 11.5 Å². The molecule has 0 bridgehead atoms. The van der Waals surface area contributed by atoms with E-state index in [0.29, 0.717) is 0 Å². The zero-order valence-corrected chi connectivity index (χ0v) is 8.21. The van der Waals surface area contributed by atoms with E-state index in [9.17, 15) is 9.90 Å². The maximum atomic E-state index is 11.4. The second-order valence-electron chi connectivity index (χ2n) is 4.28. The van der Waals surface area contributed by atoms with Crippen LogP contribution in [0.4, 0.5) is 0 Å². The lowest BCUT2D eigenvalue weighted by Crippen LogP contribution is -2.38. The van der Waals surface area contributed by atoms with E-state index < -0.39 is 17.5 Å². The molecule has 0 aromatic carbocycles. The number of carbonyl (C=O) groups excluding carboxylic acids is 1. The van der Waals surface area contributed by atoms with Crippen molar-refractivity contribution < 1.29 is 14.6 Å². The SMILES string of the molecule is CC12CCCCC1C(C(N)=O)=C([O-])O2. The topological polar surface area (TPSA) is 75.4 Å². The van der Waals surface area contributed by atoms with Crippen molar-refractivity contribution in [3.8, 4) is 0 Å². The second-order valence-corrected chi connectivity index (χ2v) is 4.28. The number of primary amides is 1. The average Bonchev–Trinajstić information content (AvgIpc) is 2.34. The Hall–Kier alpha value is -1.19. The number of hydrogen-bond acceptors (Lipinski definition) is 3. The third-order valence-electron chi connectivity index (χ3n) is 3.31. The van der Waals surface area contributed by atoms with Gasteiger partial charge in [-0.05, 0) is 19.8 Å². The molecule has 1 aliphatic carbocycles. The molecule has 2 rings (SSSR count). The fraction of sp³-hybridized carbons (Fsp3) is 0.700. The van der Waals surface area contributed by atoms with Gasteiger partial charge < -0.3 is 15.6 Å². The van der Waals surface area contributed by atoms with Crippen LogP contribution in [0, 0.1) is 5.92 Å². The number of rotatable bonds is 1. The Balaban J connectivity index is 2.33. The molecule has 2 N–H and O–H groups in total. The van der Waals surface area contributed by atoms with Crippen molar-refractivity contribution in [2.24, 2.45) is 11.7 Å². The van der Waals surface area contributed by atoms with Gasteiger partial charge in [0.15, 0.2) is 0 Å². The number of hydrogen-bond donors (Lipinski definition) is 1. The minimum absolute atomic E-state index is 0.0822. The van der Waals surface area contributed by atoms with E-state index in [1.54, 1.807) is 0 Å². The van der Waals surface area contributed by atoms with Crippen LogP contribution in [0.3, 0.4) is 0 Å². The maximum absolute atomic E-state index is 11.4. The smallest absolute Gasteiger partial charge is 0.246 e. The number of carbonyl (C=O) groups is 1. The molecule has 0 spiro atoms. The molecule has 0 saturated heterocycles. The maximum Gasteiger partial charge on any atom is 0.246 e. The molecular formula is C10H14NO3-. The number of ether oxygens (including phenoxy) is 1. The summed E-state index contributed by atoms with van der Waals surface area (Å²) in [4.78, 5) is 11.1. The van der Waals surface area contributed by atoms with Crippen LogP contribution >= 0.6 is 0 Å². The van der Waals surface area contributed by atoms with E-state index in [1.807, 2.05) is 6.92 Å². The lowest BCUT2D eigenvalue weighted by Gasteiger charge is -2.41. The van der Waals surface area contributed by atoms with E-state index in [-0.39, 0.29) is 11.5 Å². The van der Waals surface area contributed by atoms with Gasteiger partial charge in [-0.2, -0.15) is 0 Å². The summed E-state index contributed by atoms with van der Waals surface area (Å²) in [7, 11) is 0. The number of nitrogens with two attached hydrogens (primary N) is 1. The monoisotopic (exact) mass is 196 g/mol. The van der Waals surface area contributed by atoms with Crippen molar-refractivity contribution in [1.82, 2.24) is 0 Å². The minimum Gasteiger partial charge on any atom is -0.606 e. The van der Waals surface area contributed by atoms with Gasteiger partial charge in [-0.1, -0.05) is 12.8 Å². The van der Waals surface area contributed by atoms with Gasteiger partial charge in [0, 0.05) is 17.1 Å². The predicted octanol–water partition coefficient (Wildman–Crippen LogP) is 0.0227. The molecule has 4 nitrogen and oxygen atoms in total. The van der Waals surface area contributed by atoms with Crippen molar-refractivity contribution in [3.05, 3.63) is 11.5 Å². The summed E-state index contributed by atoms with van der Waals surface area (Å²) in [6, 6.07) is 0. The zero-order valence-electron chi connectivity index (χ0n) is 8.21. The Morgan fingerprint density at radius 1 is 1.64 bits per heavy atom. The fourth-order valence-corrected chi connectivity index (χ4v) is 2.56. The van der Waals surface area contributed by atoms with Crippen LogP contribution < -0.4 is 10.8 Å². The molecule has 4 heteroatoms. The molecule has 2 unspecified atom stereocenters. The highest BCUT2D eigenvalue weighted by Crippen LogP contribution is 2.46. The van der Waals surface area contributed by atoms with Crippen LogP contribution in [0.2, 0.25) is 0 Å². The summed E-state index contributed by atoms with van der Waals surface area (Å²) < 4.78 is 5.25. The van der Waals surface area contributed by atoms with Crippen molar-refractivity contribution in [2.75, 3.05) is 0 Å². The Labute approximate surface area is 82.7 Å². The molecule has 0 aromatic heterocycles. The first kappa shape index (κ1) is 9.37. The average molecular weight is 196 g/mol. The van der Waals surface area contributed by atoms with Gasteiger partial charge >= 0.3 is 0 Å². The standard InChI is InChI=1S/C10H15NO3/c1-10-5-3-2-4-6(10)7(8(11)12)9(13)14-10/h6,13H,2-5H2,1H3,(H2,11,12)/p-1. The lowest BCUT2D eigenvalue weighted by atomic mass is 9.74. The highest BCUT2D eigenvalue weighted by atomic mass is 16.6. The predicted molar refractivity (Wildman–Crippen MR) is 47.7 cm³/mol. The second kappa shape index (κ2) is 2.90. The van der Waals surface area contributed by atoms with Crippen molar-refractivity contribution in [2.45, 2.75) is 38.2 Å². The van der Waals surface area contributed by atoms with Gasteiger partial charge in [0.25, 0.3) is 0 Å². The Morgan fingerprint density at radius 2 is 2.36 bits per heavy atom. The summed E-state index contributed by atoms with van der Waals surface area (Å²) in [5, 5.41) is 11.4. The largest absolute Gasteiger partial charge is 0.606 e. The molecule has 14 heavy (non-hydrogen) atoms. The molecule has 1 amide bonds. The number of fused-ring (bicyclic) bond motifs is 1. The van der Waals surface area contributed by atoms with E-state index >= 15 is 0 Å². The first-order valence-corrected chi connectivity index (χ1v) is 4.94. The minimum atomic E-state index is -0.620. The van der Waals surface area contributed by atoms with Gasteiger partial charge in [-0.25, -0.2) is 0 Å². The summed E-state index contributed by atoms with van der Waals surface area (Å²) in [6.45, 7) is 1.89. The summed E-state index contributed by atoms with van der Waals surface area (Å²) in [6.07, 6.45) is 3.75. The van der Waals surface area contributed by atoms with Crippen LogP contribution in [-0.2, 0) is 9.53 Å². The highest BCUT2D eigenvalue weighted by Gasteiger charge is 2.43. The van der Waals surface area contributed by atoms with E-state index in [4.69, 9.17) is 10.5 Å². The van der Waals surface area contributed by atoms with Crippen LogP contribution in [0.1, 0.15) is 32.6 Å². The van der Waals surface area contributed by atoms with Gasteiger partial charge in [-0.15, -0.1) is 0 Å². The summed E-state index contributed by atoms with van der Waals surface area (Å²) >= 11 is 0. The van der Waals surface area contributed by atoms with Gasteiger partial charge in [-0.3, -0.25) is 4.79 Å². The van der Waals surface area contributed by atoms with E-state index in [2.05, 4.69) is 0 Å². The van der Waals surface area contributed by atoms with Gasteiger partial charge in [0.1, 0.15) is 0 Å². The Kier molecular flexibility index (Phi) is 1.94. The van der Waals surface area contributed by atoms with Gasteiger partial charge in [0.05, 0.1) is 5.95 Å². The number of amides is 1. The first-order valence-electron chi connectivity index (χ1n) is 4.94. The van der Waals surface area contributed by atoms with Crippen LogP contribution in [0.25, 0.3) is 0 Å². The third kappa shape index (κ3) is 1.17. The molecule has 1 fully saturated rings. The highest BCUT2D eigenvalue weighted by molar-refractivity contribution is 5.93. The molecular weight excluding hydrogens is 182 g/mol. The molecule has 78 valence electrons. The molecule has 1 saturated carbocycles. The Bertz CT molecular complexity index is 310. The first-order chi connectivity index (χ1) is 6.54. The van der Waals surface area contributed by atoms with Gasteiger partial charge in [0.2, 0.25) is 5.91 Å². The van der Waals surface area contributed by atoms with Crippen molar-refractivity contribution >= 4 is 5.91 Å². The molecule has 1 aliphatic heterocycles.